The molecule has 0 unspecified atom stereocenters. The first-order valence-corrected chi connectivity index (χ1v) is 7.85. The zero-order chi connectivity index (χ0) is 14.5. The second-order valence-electron chi connectivity index (χ2n) is 3.91. The SMILES string of the molecule is CCOc1ccc2nc(NC(=O)CSC(C)=O)sc2c1. The van der Waals surface area contributed by atoms with Crippen LogP contribution in [0.2, 0.25) is 0 Å². The number of amides is 1. The van der Waals surface area contributed by atoms with E-state index in [4.69, 9.17) is 4.74 Å². The van der Waals surface area contributed by atoms with Crippen molar-refractivity contribution in [2.75, 3.05) is 17.7 Å². The molecule has 7 heteroatoms. The average Bonchev–Trinajstić information content (AvgIpc) is 2.78. The number of fused-ring (bicyclic) bond motifs is 1. The maximum atomic E-state index is 11.6. The number of aromatic nitrogens is 1. The fraction of sp³-hybridized carbons (Fsp3) is 0.308. The van der Waals surface area contributed by atoms with Gasteiger partial charge in [-0.3, -0.25) is 9.59 Å². The van der Waals surface area contributed by atoms with E-state index >= 15 is 0 Å². The van der Waals surface area contributed by atoms with E-state index in [-0.39, 0.29) is 16.8 Å². The summed E-state index contributed by atoms with van der Waals surface area (Å²) >= 11 is 2.36. The largest absolute Gasteiger partial charge is 0.494 e. The van der Waals surface area contributed by atoms with Gasteiger partial charge in [-0.2, -0.15) is 0 Å². The fourth-order valence-corrected chi connectivity index (χ4v) is 2.85. The van der Waals surface area contributed by atoms with Gasteiger partial charge < -0.3 is 10.1 Å². The van der Waals surface area contributed by atoms with Crippen molar-refractivity contribution in [2.24, 2.45) is 0 Å². The van der Waals surface area contributed by atoms with Crippen molar-refractivity contribution < 1.29 is 14.3 Å². The molecule has 5 nitrogen and oxygen atoms in total. The second kappa shape index (κ2) is 6.71. The first kappa shape index (κ1) is 14.8. The number of thiazole rings is 1. The van der Waals surface area contributed by atoms with Crippen LogP contribution in [0.3, 0.4) is 0 Å². The first-order valence-electron chi connectivity index (χ1n) is 6.05. The van der Waals surface area contributed by atoms with E-state index in [2.05, 4.69) is 10.3 Å². The van der Waals surface area contributed by atoms with Crippen LogP contribution in [0.15, 0.2) is 18.2 Å². The Kier molecular flexibility index (Phi) is 4.97. The summed E-state index contributed by atoms with van der Waals surface area (Å²) < 4.78 is 6.37. The number of hydrogen-bond donors (Lipinski definition) is 1. The van der Waals surface area contributed by atoms with Crippen LogP contribution in [0.1, 0.15) is 13.8 Å². The third-order valence-electron chi connectivity index (χ3n) is 2.32. The van der Waals surface area contributed by atoms with Gasteiger partial charge in [-0.25, -0.2) is 4.98 Å². The van der Waals surface area contributed by atoms with Crippen LogP contribution < -0.4 is 10.1 Å². The number of nitrogens with one attached hydrogen (secondary N) is 1. The normalized spacial score (nSPS) is 10.5. The van der Waals surface area contributed by atoms with E-state index in [0.717, 1.165) is 27.7 Å². The molecule has 1 N–H and O–H groups in total. The van der Waals surface area contributed by atoms with Crippen molar-refractivity contribution in [3.8, 4) is 5.75 Å². The van der Waals surface area contributed by atoms with E-state index in [1.807, 2.05) is 25.1 Å². The Morgan fingerprint density at radius 1 is 1.45 bits per heavy atom. The summed E-state index contributed by atoms with van der Waals surface area (Å²) in [6.45, 7) is 3.97. The van der Waals surface area contributed by atoms with Crippen LogP contribution in [0.5, 0.6) is 5.75 Å². The number of thioether (sulfide) groups is 1. The van der Waals surface area contributed by atoms with Gasteiger partial charge in [0.25, 0.3) is 0 Å². The molecular formula is C13H14N2O3S2. The third-order valence-corrected chi connectivity index (χ3v) is 4.07. The summed E-state index contributed by atoms with van der Waals surface area (Å²) in [5.41, 5.74) is 0.813. The van der Waals surface area contributed by atoms with E-state index in [9.17, 15) is 9.59 Å². The number of ether oxygens (including phenoxy) is 1. The minimum atomic E-state index is -0.228. The van der Waals surface area contributed by atoms with Gasteiger partial charge in [-0.15, -0.1) is 0 Å². The molecule has 0 saturated carbocycles. The maximum absolute atomic E-state index is 11.6. The number of hydrogen-bond acceptors (Lipinski definition) is 6. The predicted octanol–water partition coefficient (Wildman–Crippen LogP) is 2.91. The molecule has 106 valence electrons. The number of carbonyl (C=O) groups excluding carboxylic acids is 2. The summed E-state index contributed by atoms with van der Waals surface area (Å²) in [6, 6.07) is 5.61. The zero-order valence-corrected chi connectivity index (χ0v) is 12.8. The van der Waals surface area contributed by atoms with Crippen molar-refractivity contribution >= 4 is 49.5 Å². The maximum Gasteiger partial charge on any atom is 0.236 e. The summed E-state index contributed by atoms with van der Waals surface area (Å²) in [7, 11) is 0. The Labute approximate surface area is 124 Å². The van der Waals surface area contributed by atoms with E-state index in [1.165, 1.54) is 18.3 Å². The van der Waals surface area contributed by atoms with Crippen LogP contribution in [0, 0.1) is 0 Å². The second-order valence-corrected chi connectivity index (χ2v) is 6.09. The standard InChI is InChI=1S/C13H14N2O3S2/c1-3-18-9-4-5-10-11(6-9)20-13(14-10)15-12(17)7-19-8(2)16/h4-6H,3,7H2,1-2H3,(H,14,15,17). The van der Waals surface area contributed by atoms with Crippen LogP contribution in [0.25, 0.3) is 10.2 Å². The molecule has 0 bridgehead atoms. The Balaban J connectivity index is 2.07. The molecule has 0 aliphatic rings. The first-order chi connectivity index (χ1) is 9.58. The van der Waals surface area contributed by atoms with Crippen LogP contribution in [0.4, 0.5) is 5.13 Å². The van der Waals surface area contributed by atoms with Gasteiger partial charge in [0.05, 0.1) is 22.6 Å². The number of nitrogens with zero attached hydrogens (tertiary/aromatic N) is 1. The van der Waals surface area contributed by atoms with Gasteiger partial charge in [0.2, 0.25) is 5.91 Å². The van der Waals surface area contributed by atoms with Gasteiger partial charge in [0.1, 0.15) is 5.75 Å². The number of carbonyl (C=O) groups is 2. The molecule has 0 aliphatic carbocycles. The number of rotatable bonds is 5. The van der Waals surface area contributed by atoms with Gasteiger partial charge in [-0.1, -0.05) is 23.1 Å². The lowest BCUT2D eigenvalue weighted by atomic mass is 10.3. The zero-order valence-electron chi connectivity index (χ0n) is 11.1. The molecule has 0 fully saturated rings. The molecule has 0 radical (unpaired) electrons. The van der Waals surface area contributed by atoms with Gasteiger partial charge in [-0.05, 0) is 25.1 Å². The smallest absolute Gasteiger partial charge is 0.236 e. The molecule has 2 rings (SSSR count). The Bertz CT molecular complexity index is 640. The lowest BCUT2D eigenvalue weighted by Gasteiger charge is -2.00. The summed E-state index contributed by atoms with van der Waals surface area (Å²) in [5, 5.41) is 3.15. The fourth-order valence-electron chi connectivity index (χ4n) is 1.54. The quantitative estimate of drug-likeness (QED) is 0.919. The highest BCUT2D eigenvalue weighted by atomic mass is 32.2. The van der Waals surface area contributed by atoms with Crippen molar-refractivity contribution in [1.29, 1.82) is 0 Å². The van der Waals surface area contributed by atoms with E-state index in [1.54, 1.807) is 0 Å². The number of anilines is 1. The molecule has 1 aromatic carbocycles. The molecule has 2 aromatic rings. The van der Waals surface area contributed by atoms with E-state index in [0.29, 0.717) is 11.7 Å². The molecule has 1 amide bonds. The monoisotopic (exact) mass is 310 g/mol. The van der Waals surface area contributed by atoms with Gasteiger partial charge in [0.15, 0.2) is 10.2 Å². The average molecular weight is 310 g/mol. The minimum absolute atomic E-state index is 0.0780. The van der Waals surface area contributed by atoms with E-state index < -0.39 is 0 Å². The molecular weight excluding hydrogens is 296 g/mol. The predicted molar refractivity (Wildman–Crippen MR) is 82.6 cm³/mol. The summed E-state index contributed by atoms with van der Waals surface area (Å²) in [6.07, 6.45) is 0. The molecule has 0 aliphatic heterocycles. The molecule has 0 atom stereocenters. The van der Waals surface area contributed by atoms with Gasteiger partial charge in [0, 0.05) is 6.92 Å². The topological polar surface area (TPSA) is 68.3 Å². The van der Waals surface area contributed by atoms with Crippen molar-refractivity contribution in [3.63, 3.8) is 0 Å². The molecule has 20 heavy (non-hydrogen) atoms. The van der Waals surface area contributed by atoms with Crippen LogP contribution in [-0.4, -0.2) is 28.4 Å². The van der Waals surface area contributed by atoms with Gasteiger partial charge >= 0.3 is 0 Å². The van der Waals surface area contributed by atoms with Crippen LogP contribution in [-0.2, 0) is 9.59 Å². The lowest BCUT2D eigenvalue weighted by molar-refractivity contribution is -0.114. The Hall–Kier alpha value is -1.60. The Morgan fingerprint density at radius 2 is 2.25 bits per heavy atom. The Morgan fingerprint density at radius 3 is 2.95 bits per heavy atom. The summed E-state index contributed by atoms with van der Waals surface area (Å²) in [4.78, 5) is 26.7. The minimum Gasteiger partial charge on any atom is -0.494 e. The summed E-state index contributed by atoms with van der Waals surface area (Å²) in [5.74, 6) is 0.665. The number of benzene rings is 1. The third kappa shape index (κ3) is 3.94. The highest BCUT2D eigenvalue weighted by Crippen LogP contribution is 2.29. The highest BCUT2D eigenvalue weighted by molar-refractivity contribution is 8.14. The van der Waals surface area contributed by atoms with Crippen molar-refractivity contribution in [2.45, 2.75) is 13.8 Å². The molecule has 0 saturated heterocycles. The molecule has 1 heterocycles. The molecule has 1 aromatic heterocycles. The van der Waals surface area contributed by atoms with Crippen molar-refractivity contribution in [3.05, 3.63) is 18.2 Å². The lowest BCUT2D eigenvalue weighted by Crippen LogP contribution is -2.14. The molecule has 0 spiro atoms. The highest BCUT2D eigenvalue weighted by Gasteiger charge is 2.09. The van der Waals surface area contributed by atoms with Crippen LogP contribution >= 0.6 is 23.1 Å². The van der Waals surface area contributed by atoms with Crippen molar-refractivity contribution in [1.82, 2.24) is 4.98 Å².